The maximum Gasteiger partial charge on any atom is 0.416 e. The largest absolute Gasteiger partial charge is 0.416 e. The molecule has 0 spiro atoms. The van der Waals surface area contributed by atoms with Gasteiger partial charge < -0.3 is 9.88 Å². The molecule has 1 N–H and O–H groups in total. The van der Waals surface area contributed by atoms with E-state index in [1.54, 1.807) is 0 Å². The van der Waals surface area contributed by atoms with Crippen LogP contribution in [0.2, 0.25) is 0 Å². The summed E-state index contributed by atoms with van der Waals surface area (Å²) in [6.07, 6.45) is -4.36. The molecule has 0 saturated carbocycles. The van der Waals surface area contributed by atoms with Crippen LogP contribution < -0.4 is 5.32 Å². The molecular weight excluding hydrogens is 457 g/mol. The Morgan fingerprint density at radius 3 is 1.86 bits per heavy atom. The molecule has 0 saturated heterocycles. The quantitative estimate of drug-likeness (QED) is 0.267. The van der Waals surface area contributed by atoms with E-state index in [2.05, 4.69) is 47.8 Å². The minimum Gasteiger partial charge on any atom is -0.356 e. The van der Waals surface area contributed by atoms with E-state index in [9.17, 15) is 13.2 Å². The van der Waals surface area contributed by atoms with Crippen LogP contribution in [0.1, 0.15) is 5.56 Å². The van der Waals surface area contributed by atoms with Crippen molar-refractivity contribution in [2.45, 2.75) is 6.18 Å². The summed E-state index contributed by atoms with van der Waals surface area (Å²) in [5.74, 6) is 0. The molecule has 0 aliphatic rings. The number of hydrogen-bond donors (Lipinski definition) is 1. The molecular formula is C31H21F3N2. The molecule has 1 aromatic heterocycles. The monoisotopic (exact) mass is 478 g/mol. The van der Waals surface area contributed by atoms with Gasteiger partial charge in [-0.05, 0) is 77.9 Å². The second-order valence-electron chi connectivity index (χ2n) is 8.70. The van der Waals surface area contributed by atoms with Gasteiger partial charge in [0.1, 0.15) is 0 Å². The predicted molar refractivity (Wildman–Crippen MR) is 141 cm³/mol. The molecule has 5 heteroatoms. The van der Waals surface area contributed by atoms with Gasteiger partial charge in [-0.3, -0.25) is 0 Å². The standard InChI is InChI=1S/C31H21F3N2/c32-31(33,34)23-13-17-26(18-14-23)36-29-9-5-4-8-27(29)28-20-22(12-19-30(28)36)21-10-15-25(16-11-21)35-24-6-2-1-3-7-24/h1-20,35H. The van der Waals surface area contributed by atoms with Gasteiger partial charge in [0.25, 0.3) is 0 Å². The summed E-state index contributed by atoms with van der Waals surface area (Å²) in [5, 5.41) is 5.50. The zero-order chi connectivity index (χ0) is 24.7. The summed E-state index contributed by atoms with van der Waals surface area (Å²) in [5.41, 5.74) is 6.13. The van der Waals surface area contributed by atoms with Crippen molar-refractivity contribution in [1.29, 1.82) is 0 Å². The van der Waals surface area contributed by atoms with Crippen molar-refractivity contribution in [3.8, 4) is 16.8 Å². The second kappa shape index (κ2) is 8.61. The maximum atomic E-state index is 13.1. The SMILES string of the molecule is FC(F)(F)c1ccc(-n2c3ccccc3c3cc(-c4ccc(Nc5ccccc5)cc4)ccc32)cc1. The molecule has 0 atom stereocenters. The van der Waals surface area contributed by atoms with Gasteiger partial charge in [0.15, 0.2) is 0 Å². The average Bonchev–Trinajstić information content (AvgIpc) is 3.23. The molecule has 2 nitrogen and oxygen atoms in total. The van der Waals surface area contributed by atoms with Crippen LogP contribution in [0.4, 0.5) is 24.5 Å². The van der Waals surface area contributed by atoms with Gasteiger partial charge in [0, 0.05) is 27.8 Å². The van der Waals surface area contributed by atoms with Crippen molar-refractivity contribution < 1.29 is 13.2 Å². The van der Waals surface area contributed by atoms with Gasteiger partial charge in [-0.1, -0.05) is 54.6 Å². The maximum absolute atomic E-state index is 13.1. The Balaban J connectivity index is 1.41. The number of para-hydroxylation sites is 2. The smallest absolute Gasteiger partial charge is 0.356 e. The van der Waals surface area contributed by atoms with Crippen LogP contribution >= 0.6 is 0 Å². The highest BCUT2D eigenvalue weighted by molar-refractivity contribution is 6.10. The van der Waals surface area contributed by atoms with Crippen molar-refractivity contribution in [1.82, 2.24) is 4.57 Å². The van der Waals surface area contributed by atoms with Crippen molar-refractivity contribution >= 4 is 33.2 Å². The number of fused-ring (bicyclic) bond motifs is 3. The lowest BCUT2D eigenvalue weighted by atomic mass is 10.0. The van der Waals surface area contributed by atoms with Crippen LogP contribution in [0, 0.1) is 0 Å². The molecule has 0 radical (unpaired) electrons. The molecule has 0 aliphatic heterocycles. The summed E-state index contributed by atoms with van der Waals surface area (Å²) < 4.78 is 41.3. The van der Waals surface area contributed by atoms with Gasteiger partial charge in [-0.25, -0.2) is 0 Å². The van der Waals surface area contributed by atoms with Crippen molar-refractivity contribution in [3.05, 3.63) is 127 Å². The molecule has 0 fully saturated rings. The van der Waals surface area contributed by atoms with Crippen LogP contribution in [0.5, 0.6) is 0 Å². The first kappa shape index (κ1) is 22.0. The van der Waals surface area contributed by atoms with Crippen LogP contribution in [0.3, 0.4) is 0 Å². The van der Waals surface area contributed by atoms with E-state index in [0.717, 1.165) is 56.4 Å². The second-order valence-corrected chi connectivity index (χ2v) is 8.70. The highest BCUT2D eigenvalue weighted by Crippen LogP contribution is 2.36. The summed E-state index contributed by atoms with van der Waals surface area (Å²) in [4.78, 5) is 0. The first-order valence-electron chi connectivity index (χ1n) is 11.6. The Morgan fingerprint density at radius 2 is 1.14 bits per heavy atom. The summed E-state index contributed by atoms with van der Waals surface area (Å²) in [7, 11) is 0. The first-order chi connectivity index (χ1) is 17.5. The molecule has 5 aromatic carbocycles. The highest BCUT2D eigenvalue weighted by Gasteiger charge is 2.30. The number of nitrogens with zero attached hydrogens (tertiary/aromatic N) is 1. The molecule has 6 aromatic rings. The summed E-state index contributed by atoms with van der Waals surface area (Å²) >= 11 is 0. The Morgan fingerprint density at radius 1 is 0.528 bits per heavy atom. The van der Waals surface area contributed by atoms with Crippen molar-refractivity contribution in [2.24, 2.45) is 0 Å². The van der Waals surface area contributed by atoms with E-state index in [-0.39, 0.29) is 0 Å². The van der Waals surface area contributed by atoms with Gasteiger partial charge in [0.05, 0.1) is 16.6 Å². The third kappa shape index (κ3) is 3.99. The average molecular weight is 479 g/mol. The molecule has 176 valence electrons. The summed E-state index contributed by atoms with van der Waals surface area (Å²) in [6, 6.07) is 37.8. The van der Waals surface area contributed by atoms with Crippen LogP contribution in [0.25, 0.3) is 38.6 Å². The number of nitrogens with one attached hydrogen (secondary N) is 1. The van der Waals surface area contributed by atoms with Crippen molar-refractivity contribution in [3.63, 3.8) is 0 Å². The molecule has 36 heavy (non-hydrogen) atoms. The zero-order valence-corrected chi connectivity index (χ0v) is 19.1. The fourth-order valence-corrected chi connectivity index (χ4v) is 4.66. The number of rotatable bonds is 4. The van der Waals surface area contributed by atoms with Gasteiger partial charge >= 0.3 is 6.18 Å². The van der Waals surface area contributed by atoms with E-state index < -0.39 is 11.7 Å². The van der Waals surface area contributed by atoms with Gasteiger partial charge in [-0.15, -0.1) is 0 Å². The number of alkyl halides is 3. The Labute approximate surface area is 206 Å². The molecule has 6 rings (SSSR count). The number of aromatic nitrogens is 1. The van der Waals surface area contributed by atoms with Gasteiger partial charge in [-0.2, -0.15) is 13.2 Å². The molecule has 0 unspecified atom stereocenters. The normalized spacial score (nSPS) is 11.8. The van der Waals surface area contributed by atoms with E-state index >= 15 is 0 Å². The fourth-order valence-electron chi connectivity index (χ4n) is 4.66. The minimum absolute atomic E-state index is 0.653. The van der Waals surface area contributed by atoms with Crippen LogP contribution in [-0.2, 0) is 6.18 Å². The topological polar surface area (TPSA) is 17.0 Å². The third-order valence-electron chi connectivity index (χ3n) is 6.41. The number of halogens is 3. The molecule has 0 aliphatic carbocycles. The Kier molecular flexibility index (Phi) is 5.26. The lowest BCUT2D eigenvalue weighted by molar-refractivity contribution is -0.137. The number of benzene rings is 5. The molecule has 0 amide bonds. The lowest BCUT2D eigenvalue weighted by Crippen LogP contribution is -2.05. The number of hydrogen-bond acceptors (Lipinski definition) is 1. The minimum atomic E-state index is -4.36. The van der Waals surface area contributed by atoms with E-state index in [4.69, 9.17) is 0 Å². The summed E-state index contributed by atoms with van der Waals surface area (Å²) in [6.45, 7) is 0. The van der Waals surface area contributed by atoms with E-state index in [1.165, 1.54) is 12.1 Å². The molecule has 0 bridgehead atoms. The fraction of sp³-hybridized carbons (Fsp3) is 0.0323. The highest BCUT2D eigenvalue weighted by atomic mass is 19.4. The van der Waals surface area contributed by atoms with E-state index in [1.807, 2.05) is 59.2 Å². The molecule has 1 heterocycles. The third-order valence-corrected chi connectivity index (χ3v) is 6.41. The van der Waals surface area contributed by atoms with Crippen LogP contribution in [0.15, 0.2) is 121 Å². The van der Waals surface area contributed by atoms with Crippen LogP contribution in [-0.4, -0.2) is 4.57 Å². The van der Waals surface area contributed by atoms with Crippen molar-refractivity contribution in [2.75, 3.05) is 5.32 Å². The Bertz CT molecular complexity index is 1660. The number of anilines is 2. The van der Waals surface area contributed by atoms with E-state index in [0.29, 0.717) is 5.69 Å². The van der Waals surface area contributed by atoms with Gasteiger partial charge in [0.2, 0.25) is 0 Å². The Hall–Kier alpha value is -4.51. The first-order valence-corrected chi connectivity index (χ1v) is 11.6. The lowest BCUT2D eigenvalue weighted by Gasteiger charge is -2.11. The predicted octanol–water partition coefficient (Wildman–Crippen LogP) is 9.21. The zero-order valence-electron chi connectivity index (χ0n) is 19.1.